The monoisotopic (exact) mass is 295 g/mol. The van der Waals surface area contributed by atoms with Gasteiger partial charge in [0.25, 0.3) is 0 Å². The topological polar surface area (TPSA) is 60.2 Å². The van der Waals surface area contributed by atoms with Gasteiger partial charge in [0.15, 0.2) is 5.82 Å². The number of ether oxygens (including phenoxy) is 1. The van der Waals surface area contributed by atoms with Crippen LogP contribution in [0.4, 0.5) is 0 Å². The second-order valence-corrected chi connectivity index (χ2v) is 5.97. The molecule has 5 heteroatoms. The smallest absolute Gasteiger partial charge is 0.227 e. The maximum Gasteiger partial charge on any atom is 0.227 e. The van der Waals surface area contributed by atoms with Crippen molar-refractivity contribution in [3.8, 4) is 0 Å². The Morgan fingerprint density at radius 2 is 2.10 bits per heavy atom. The Bertz CT molecular complexity index is 395. The zero-order valence-corrected chi connectivity index (χ0v) is 13.4. The SMILES string of the molecule is CCCNC1CCCCC1Cc1nc(COCCC)no1. The molecule has 0 amide bonds. The van der Waals surface area contributed by atoms with Gasteiger partial charge in [-0.1, -0.05) is 31.8 Å². The van der Waals surface area contributed by atoms with Gasteiger partial charge in [0.1, 0.15) is 6.61 Å². The molecule has 1 saturated carbocycles. The fraction of sp³-hybridized carbons (Fsp3) is 0.875. The fourth-order valence-corrected chi connectivity index (χ4v) is 3.01. The number of rotatable bonds is 9. The summed E-state index contributed by atoms with van der Waals surface area (Å²) < 4.78 is 10.8. The summed E-state index contributed by atoms with van der Waals surface area (Å²) in [6.45, 7) is 6.61. The largest absolute Gasteiger partial charge is 0.373 e. The molecule has 1 aromatic heterocycles. The summed E-state index contributed by atoms with van der Waals surface area (Å²) >= 11 is 0. The molecule has 2 rings (SSSR count). The zero-order chi connectivity index (χ0) is 14.9. The highest BCUT2D eigenvalue weighted by molar-refractivity contribution is 4.91. The highest BCUT2D eigenvalue weighted by Gasteiger charge is 2.26. The predicted molar refractivity (Wildman–Crippen MR) is 82.0 cm³/mol. The molecular weight excluding hydrogens is 266 g/mol. The van der Waals surface area contributed by atoms with E-state index in [2.05, 4.69) is 29.3 Å². The van der Waals surface area contributed by atoms with Crippen LogP contribution >= 0.6 is 0 Å². The van der Waals surface area contributed by atoms with Crippen LogP contribution in [0.25, 0.3) is 0 Å². The Labute approximate surface area is 127 Å². The summed E-state index contributed by atoms with van der Waals surface area (Å²) in [6.07, 6.45) is 8.26. The van der Waals surface area contributed by atoms with E-state index in [-0.39, 0.29) is 0 Å². The van der Waals surface area contributed by atoms with Crippen LogP contribution in [-0.2, 0) is 17.8 Å². The van der Waals surface area contributed by atoms with Crippen LogP contribution in [0.1, 0.15) is 64.1 Å². The van der Waals surface area contributed by atoms with Gasteiger partial charge in [-0.15, -0.1) is 0 Å². The van der Waals surface area contributed by atoms with Crippen molar-refractivity contribution >= 4 is 0 Å². The van der Waals surface area contributed by atoms with Gasteiger partial charge in [-0.25, -0.2) is 0 Å². The minimum Gasteiger partial charge on any atom is -0.373 e. The maximum atomic E-state index is 5.45. The minimum absolute atomic E-state index is 0.458. The third kappa shape index (κ3) is 5.40. The molecule has 21 heavy (non-hydrogen) atoms. The number of aromatic nitrogens is 2. The first-order chi connectivity index (χ1) is 10.3. The van der Waals surface area contributed by atoms with Gasteiger partial charge < -0.3 is 14.6 Å². The number of nitrogens with zero attached hydrogens (tertiary/aromatic N) is 2. The summed E-state index contributed by atoms with van der Waals surface area (Å²) in [5, 5.41) is 7.68. The molecule has 1 N–H and O–H groups in total. The first-order valence-electron chi connectivity index (χ1n) is 8.46. The van der Waals surface area contributed by atoms with Crippen molar-refractivity contribution in [2.45, 2.75) is 71.4 Å². The van der Waals surface area contributed by atoms with E-state index in [0.717, 1.165) is 31.9 Å². The van der Waals surface area contributed by atoms with E-state index >= 15 is 0 Å². The first kappa shape index (κ1) is 16.4. The van der Waals surface area contributed by atoms with Crippen LogP contribution in [-0.4, -0.2) is 29.3 Å². The number of hydrogen-bond acceptors (Lipinski definition) is 5. The van der Waals surface area contributed by atoms with Crippen molar-refractivity contribution in [2.75, 3.05) is 13.2 Å². The van der Waals surface area contributed by atoms with Gasteiger partial charge in [0.2, 0.25) is 5.89 Å². The van der Waals surface area contributed by atoms with Gasteiger partial charge in [-0.2, -0.15) is 4.98 Å². The highest BCUT2D eigenvalue weighted by atomic mass is 16.5. The van der Waals surface area contributed by atoms with Crippen molar-refractivity contribution in [1.29, 1.82) is 0 Å². The van der Waals surface area contributed by atoms with Crippen molar-refractivity contribution in [1.82, 2.24) is 15.5 Å². The Kier molecular flexibility index (Phi) is 7.16. The molecule has 1 fully saturated rings. The van der Waals surface area contributed by atoms with Gasteiger partial charge in [0, 0.05) is 19.1 Å². The van der Waals surface area contributed by atoms with E-state index in [1.54, 1.807) is 0 Å². The Balaban J connectivity index is 1.83. The van der Waals surface area contributed by atoms with E-state index in [9.17, 15) is 0 Å². The molecule has 2 atom stereocenters. The molecule has 1 heterocycles. The first-order valence-corrected chi connectivity index (χ1v) is 8.46. The Morgan fingerprint density at radius 1 is 1.24 bits per heavy atom. The van der Waals surface area contributed by atoms with Crippen LogP contribution < -0.4 is 5.32 Å². The fourth-order valence-electron chi connectivity index (χ4n) is 3.01. The summed E-state index contributed by atoms with van der Waals surface area (Å²) in [7, 11) is 0. The molecule has 0 aliphatic heterocycles. The van der Waals surface area contributed by atoms with Gasteiger partial charge >= 0.3 is 0 Å². The van der Waals surface area contributed by atoms with Gasteiger partial charge in [0.05, 0.1) is 0 Å². The highest BCUT2D eigenvalue weighted by Crippen LogP contribution is 2.27. The zero-order valence-electron chi connectivity index (χ0n) is 13.4. The quantitative estimate of drug-likeness (QED) is 0.709. The van der Waals surface area contributed by atoms with Crippen molar-refractivity contribution in [3.05, 3.63) is 11.7 Å². The molecule has 0 radical (unpaired) electrons. The molecule has 1 aromatic rings. The normalized spacial score (nSPS) is 22.6. The second kappa shape index (κ2) is 9.15. The van der Waals surface area contributed by atoms with Crippen LogP contribution in [0, 0.1) is 5.92 Å². The van der Waals surface area contributed by atoms with E-state index in [1.807, 2.05) is 0 Å². The molecule has 2 unspecified atom stereocenters. The molecule has 0 bridgehead atoms. The van der Waals surface area contributed by atoms with Crippen molar-refractivity contribution in [3.63, 3.8) is 0 Å². The second-order valence-electron chi connectivity index (χ2n) is 5.97. The maximum absolute atomic E-state index is 5.45. The number of hydrogen-bond donors (Lipinski definition) is 1. The van der Waals surface area contributed by atoms with Crippen LogP contribution in [0.2, 0.25) is 0 Å². The molecule has 5 nitrogen and oxygen atoms in total. The molecule has 0 aromatic carbocycles. The van der Waals surface area contributed by atoms with Gasteiger partial charge in [-0.3, -0.25) is 0 Å². The lowest BCUT2D eigenvalue weighted by Gasteiger charge is -2.31. The third-order valence-electron chi connectivity index (χ3n) is 4.09. The van der Waals surface area contributed by atoms with Gasteiger partial charge in [-0.05, 0) is 38.1 Å². The summed E-state index contributed by atoms with van der Waals surface area (Å²) in [5.41, 5.74) is 0. The molecule has 0 saturated heterocycles. The molecule has 120 valence electrons. The van der Waals surface area contributed by atoms with E-state index in [0.29, 0.717) is 24.4 Å². The average Bonchev–Trinajstić information content (AvgIpc) is 2.94. The summed E-state index contributed by atoms with van der Waals surface area (Å²) in [4.78, 5) is 4.46. The lowest BCUT2D eigenvalue weighted by Crippen LogP contribution is -2.39. The minimum atomic E-state index is 0.458. The average molecular weight is 295 g/mol. The lowest BCUT2D eigenvalue weighted by atomic mass is 9.82. The van der Waals surface area contributed by atoms with Crippen molar-refractivity contribution in [2.24, 2.45) is 5.92 Å². The molecule has 1 aliphatic rings. The number of nitrogens with one attached hydrogen (secondary N) is 1. The molecule has 1 aliphatic carbocycles. The Morgan fingerprint density at radius 3 is 2.90 bits per heavy atom. The predicted octanol–water partition coefficient (Wildman–Crippen LogP) is 3.10. The van der Waals surface area contributed by atoms with Crippen LogP contribution in [0.3, 0.4) is 0 Å². The van der Waals surface area contributed by atoms with E-state index < -0.39 is 0 Å². The summed E-state index contributed by atoms with van der Waals surface area (Å²) in [6, 6.07) is 0.602. The van der Waals surface area contributed by atoms with Crippen LogP contribution in [0.15, 0.2) is 4.52 Å². The van der Waals surface area contributed by atoms with Crippen molar-refractivity contribution < 1.29 is 9.26 Å². The Hall–Kier alpha value is -0.940. The molecule has 0 spiro atoms. The summed E-state index contributed by atoms with van der Waals surface area (Å²) in [5.74, 6) is 2.06. The van der Waals surface area contributed by atoms with Crippen LogP contribution in [0.5, 0.6) is 0 Å². The lowest BCUT2D eigenvalue weighted by molar-refractivity contribution is 0.114. The van der Waals surface area contributed by atoms with E-state index in [4.69, 9.17) is 9.26 Å². The molecular formula is C16H29N3O2. The standard InChI is InChI=1S/C16H29N3O2/c1-3-9-17-14-8-6-5-7-13(14)11-16-18-15(19-21-16)12-20-10-4-2/h13-14,17H,3-12H2,1-2H3. The third-order valence-corrected chi connectivity index (χ3v) is 4.09. The van der Waals surface area contributed by atoms with E-state index in [1.165, 1.54) is 32.1 Å².